The lowest BCUT2D eigenvalue weighted by molar-refractivity contribution is 0.0697. The number of carboxylic acids is 1. The Labute approximate surface area is 97.1 Å². The molecule has 0 aliphatic heterocycles. The molecule has 0 bridgehead atoms. The van der Waals surface area contributed by atoms with Crippen LogP contribution in [0.1, 0.15) is 10.4 Å². The molecule has 0 spiro atoms. The van der Waals surface area contributed by atoms with Crippen molar-refractivity contribution in [3.63, 3.8) is 0 Å². The molecule has 17 heavy (non-hydrogen) atoms. The van der Waals surface area contributed by atoms with E-state index in [1.807, 2.05) is 0 Å². The van der Waals surface area contributed by atoms with Crippen molar-refractivity contribution in [2.75, 3.05) is 0 Å². The Morgan fingerprint density at radius 3 is 2.53 bits per heavy atom. The fourth-order valence-corrected chi connectivity index (χ4v) is 2.22. The molecule has 0 aliphatic rings. The number of hydrogen-bond acceptors (Lipinski definition) is 3. The molecule has 2 aromatic carbocycles. The van der Waals surface area contributed by atoms with Gasteiger partial charge in [-0.25, -0.2) is 4.79 Å². The van der Waals surface area contributed by atoms with Crippen LogP contribution in [0, 0.1) is 6.07 Å². The van der Waals surface area contributed by atoms with E-state index >= 15 is 0 Å². The SMILES string of the molecule is O=C(O)c1ccc2c(S(=O)(=O)O)[c]ccc2c1. The van der Waals surface area contributed by atoms with Gasteiger partial charge in [0.1, 0.15) is 4.90 Å². The fourth-order valence-electron chi connectivity index (χ4n) is 1.54. The number of aromatic carboxylic acids is 1. The summed E-state index contributed by atoms with van der Waals surface area (Å²) in [5.41, 5.74) is 0.0463. The van der Waals surface area contributed by atoms with Crippen molar-refractivity contribution in [2.45, 2.75) is 4.90 Å². The van der Waals surface area contributed by atoms with Crippen molar-refractivity contribution in [3.05, 3.63) is 42.0 Å². The van der Waals surface area contributed by atoms with E-state index in [-0.39, 0.29) is 15.8 Å². The highest BCUT2D eigenvalue weighted by Crippen LogP contribution is 2.23. The maximum Gasteiger partial charge on any atom is 0.335 e. The molecule has 0 saturated carbocycles. The Hall–Kier alpha value is -1.92. The summed E-state index contributed by atoms with van der Waals surface area (Å²) in [6.07, 6.45) is 0. The highest BCUT2D eigenvalue weighted by atomic mass is 32.2. The molecule has 0 aromatic heterocycles. The van der Waals surface area contributed by atoms with Crippen molar-refractivity contribution >= 4 is 26.9 Å². The lowest BCUT2D eigenvalue weighted by Gasteiger charge is -2.03. The third-order valence-corrected chi connectivity index (χ3v) is 3.13. The molecule has 2 rings (SSSR count). The van der Waals surface area contributed by atoms with Gasteiger partial charge < -0.3 is 5.11 Å². The van der Waals surface area contributed by atoms with Crippen LogP contribution in [-0.2, 0) is 10.1 Å². The van der Waals surface area contributed by atoms with Gasteiger partial charge in [-0.05, 0) is 17.5 Å². The van der Waals surface area contributed by atoms with Crippen LogP contribution in [-0.4, -0.2) is 24.0 Å². The topological polar surface area (TPSA) is 91.7 Å². The molecular weight excluding hydrogens is 244 g/mol. The fraction of sp³-hybridized carbons (Fsp3) is 0. The summed E-state index contributed by atoms with van der Waals surface area (Å²) in [6, 6.07) is 9.19. The normalized spacial score (nSPS) is 11.6. The van der Waals surface area contributed by atoms with E-state index in [4.69, 9.17) is 9.66 Å². The van der Waals surface area contributed by atoms with Crippen LogP contribution < -0.4 is 0 Å². The molecule has 2 N–H and O–H groups in total. The third kappa shape index (κ3) is 2.13. The lowest BCUT2D eigenvalue weighted by atomic mass is 10.1. The van der Waals surface area contributed by atoms with E-state index in [0.717, 1.165) is 0 Å². The summed E-state index contributed by atoms with van der Waals surface area (Å²) >= 11 is 0. The average molecular weight is 251 g/mol. The molecular formula is C11H7O5S. The van der Waals surface area contributed by atoms with E-state index in [0.29, 0.717) is 5.39 Å². The second-order valence-electron chi connectivity index (χ2n) is 3.39. The van der Waals surface area contributed by atoms with E-state index in [1.165, 1.54) is 30.3 Å². The van der Waals surface area contributed by atoms with E-state index in [1.54, 1.807) is 0 Å². The number of benzene rings is 2. The van der Waals surface area contributed by atoms with Crippen LogP contribution in [0.15, 0.2) is 35.2 Å². The quantitative estimate of drug-likeness (QED) is 0.791. The predicted molar refractivity (Wildman–Crippen MR) is 59.6 cm³/mol. The first-order valence-electron chi connectivity index (χ1n) is 4.55. The smallest absolute Gasteiger partial charge is 0.335 e. The van der Waals surface area contributed by atoms with Gasteiger partial charge in [0.15, 0.2) is 0 Å². The summed E-state index contributed by atoms with van der Waals surface area (Å²) in [7, 11) is -4.37. The number of carboxylic acid groups (broad SMARTS) is 1. The van der Waals surface area contributed by atoms with E-state index < -0.39 is 16.1 Å². The second-order valence-corrected chi connectivity index (χ2v) is 4.75. The zero-order valence-corrected chi connectivity index (χ0v) is 9.23. The summed E-state index contributed by atoms with van der Waals surface area (Å²) in [6.45, 7) is 0. The first-order chi connectivity index (χ1) is 7.89. The number of fused-ring (bicyclic) bond motifs is 1. The Morgan fingerprint density at radius 2 is 1.94 bits per heavy atom. The van der Waals surface area contributed by atoms with Crippen molar-refractivity contribution in [2.24, 2.45) is 0 Å². The van der Waals surface area contributed by atoms with E-state index in [2.05, 4.69) is 6.07 Å². The maximum atomic E-state index is 11.1. The zero-order valence-electron chi connectivity index (χ0n) is 8.41. The van der Waals surface area contributed by atoms with Crippen LogP contribution in [0.4, 0.5) is 0 Å². The second kappa shape index (κ2) is 3.83. The standard InChI is InChI=1S/C11H7O5S/c12-11(13)8-4-5-9-7(6-8)2-1-3-10(9)17(14,15)16/h1-2,4-6H,(H,12,13)(H,14,15,16). The molecule has 0 saturated heterocycles. The Balaban J connectivity index is 2.81. The third-order valence-electron chi connectivity index (χ3n) is 2.28. The molecule has 6 heteroatoms. The van der Waals surface area contributed by atoms with Crippen LogP contribution in [0.5, 0.6) is 0 Å². The minimum atomic E-state index is -4.37. The van der Waals surface area contributed by atoms with Crippen LogP contribution in [0.3, 0.4) is 0 Å². The Bertz CT molecular complexity index is 703. The molecule has 0 fully saturated rings. The maximum absolute atomic E-state index is 11.1. The molecule has 0 heterocycles. The molecule has 87 valence electrons. The molecule has 0 unspecified atom stereocenters. The van der Waals surface area contributed by atoms with Crippen LogP contribution in [0.2, 0.25) is 0 Å². The lowest BCUT2D eigenvalue weighted by Crippen LogP contribution is -2.00. The predicted octanol–water partition coefficient (Wildman–Crippen LogP) is 1.58. The average Bonchev–Trinajstić information content (AvgIpc) is 2.26. The Morgan fingerprint density at radius 1 is 1.24 bits per heavy atom. The van der Waals surface area contributed by atoms with Crippen LogP contribution >= 0.6 is 0 Å². The van der Waals surface area contributed by atoms with Gasteiger partial charge in [-0.3, -0.25) is 4.55 Å². The number of carbonyl (C=O) groups is 1. The first kappa shape index (κ1) is 11.6. The molecule has 0 amide bonds. The van der Waals surface area contributed by atoms with E-state index in [9.17, 15) is 13.2 Å². The van der Waals surface area contributed by atoms with Gasteiger partial charge in [0, 0.05) is 11.5 Å². The Kier molecular flexibility index (Phi) is 2.60. The molecule has 2 aromatic rings. The van der Waals surface area contributed by atoms with Crippen molar-refractivity contribution in [3.8, 4) is 0 Å². The van der Waals surface area contributed by atoms with Gasteiger partial charge in [-0.1, -0.05) is 18.2 Å². The van der Waals surface area contributed by atoms with Crippen molar-refractivity contribution in [1.29, 1.82) is 0 Å². The minimum Gasteiger partial charge on any atom is -0.478 e. The zero-order chi connectivity index (χ0) is 12.6. The molecule has 0 aliphatic carbocycles. The van der Waals surface area contributed by atoms with Gasteiger partial charge in [0.2, 0.25) is 0 Å². The summed E-state index contributed by atoms with van der Waals surface area (Å²) in [4.78, 5) is 10.4. The van der Waals surface area contributed by atoms with Gasteiger partial charge >= 0.3 is 5.97 Å². The summed E-state index contributed by atoms with van der Waals surface area (Å²) in [5, 5.41) is 9.45. The van der Waals surface area contributed by atoms with Crippen LogP contribution in [0.25, 0.3) is 10.8 Å². The first-order valence-corrected chi connectivity index (χ1v) is 5.99. The number of rotatable bonds is 2. The number of hydrogen-bond donors (Lipinski definition) is 2. The highest BCUT2D eigenvalue weighted by molar-refractivity contribution is 7.86. The van der Waals surface area contributed by atoms with Gasteiger partial charge in [0.25, 0.3) is 10.1 Å². The summed E-state index contributed by atoms with van der Waals surface area (Å²) in [5.74, 6) is -1.10. The van der Waals surface area contributed by atoms with Crippen molar-refractivity contribution < 1.29 is 22.9 Å². The van der Waals surface area contributed by atoms with Gasteiger partial charge in [-0.15, -0.1) is 0 Å². The highest BCUT2D eigenvalue weighted by Gasteiger charge is 2.14. The molecule has 1 radical (unpaired) electrons. The molecule has 0 atom stereocenters. The molecule has 5 nitrogen and oxygen atoms in total. The van der Waals surface area contributed by atoms with Crippen molar-refractivity contribution in [1.82, 2.24) is 0 Å². The summed E-state index contributed by atoms with van der Waals surface area (Å²) < 4.78 is 31.1. The monoisotopic (exact) mass is 251 g/mol. The van der Waals surface area contributed by atoms with Gasteiger partial charge in [-0.2, -0.15) is 8.42 Å². The largest absolute Gasteiger partial charge is 0.478 e. The minimum absolute atomic E-state index is 0.0463. The van der Waals surface area contributed by atoms with Gasteiger partial charge in [0.05, 0.1) is 5.56 Å².